The van der Waals surface area contributed by atoms with Gasteiger partial charge in [0, 0.05) is 34.4 Å². The third-order valence-electron chi connectivity index (χ3n) is 1.65. The van der Waals surface area contributed by atoms with Crippen LogP contribution in [-0.4, -0.2) is 11.6 Å². The smallest absolute Gasteiger partial charge is 0.0275 e. The molecule has 2 nitrogen and oxygen atoms in total. The average molecular weight is 226 g/mol. The molecular weight excluding hydrogens is 215 g/mol. The summed E-state index contributed by atoms with van der Waals surface area (Å²) >= 11 is 2.19. The normalized spacial score (nSPS) is 46.1. The third-order valence-corrected chi connectivity index (χ3v) is 2.96. The molecule has 0 aromatic heterocycles. The summed E-state index contributed by atoms with van der Waals surface area (Å²) in [5.74, 6) is 0. The zero-order valence-corrected chi connectivity index (χ0v) is 7.10. The Labute approximate surface area is 63.7 Å². The van der Waals surface area contributed by atoms with Crippen molar-refractivity contribution < 1.29 is 0 Å². The number of nitrogens with one attached hydrogen (secondary N) is 1. The topological polar surface area (TPSA) is 38.0 Å². The average Bonchev–Trinajstić information content (AvgIpc) is 1.63. The number of halogens is 1. The van der Waals surface area contributed by atoms with E-state index in [1.54, 1.807) is 0 Å². The van der Waals surface area contributed by atoms with Crippen molar-refractivity contribution in [3.05, 3.63) is 0 Å². The Kier molecular flexibility index (Phi) is 1.79. The molecule has 1 rings (SSSR count). The summed E-state index contributed by atoms with van der Waals surface area (Å²) in [6.07, 6.45) is 2.24. The molecule has 3 heteroatoms. The zero-order chi connectivity index (χ0) is 6.20. The molecule has 3 N–H and O–H groups in total. The quantitative estimate of drug-likeness (QED) is 0.512. The van der Waals surface area contributed by atoms with E-state index in [1.807, 2.05) is 0 Å². The lowest BCUT2D eigenvalue weighted by molar-refractivity contribution is 0.220. The van der Waals surface area contributed by atoms with Crippen LogP contribution >= 0.6 is 22.9 Å². The fourth-order valence-corrected chi connectivity index (χ4v) is 1.62. The van der Waals surface area contributed by atoms with Gasteiger partial charge < -0.3 is 5.73 Å². The first-order valence-electron chi connectivity index (χ1n) is 2.80. The van der Waals surface area contributed by atoms with Gasteiger partial charge in [-0.05, 0) is 19.8 Å². The van der Waals surface area contributed by atoms with E-state index in [1.165, 1.54) is 0 Å². The maximum Gasteiger partial charge on any atom is 0.0275 e. The Hall–Kier alpha value is 0.650. The van der Waals surface area contributed by atoms with Gasteiger partial charge in [-0.25, -0.2) is 0 Å². The Morgan fingerprint density at radius 2 is 2.25 bits per heavy atom. The molecule has 0 radical (unpaired) electrons. The van der Waals surface area contributed by atoms with E-state index in [-0.39, 0.29) is 0 Å². The summed E-state index contributed by atoms with van der Waals surface area (Å²) in [4.78, 5) is 0. The van der Waals surface area contributed by atoms with E-state index >= 15 is 0 Å². The third kappa shape index (κ3) is 1.14. The molecule has 0 aromatic carbocycles. The van der Waals surface area contributed by atoms with E-state index in [4.69, 9.17) is 5.73 Å². The lowest BCUT2D eigenvalue weighted by Gasteiger charge is -2.42. The highest BCUT2D eigenvalue weighted by molar-refractivity contribution is 14.1. The summed E-state index contributed by atoms with van der Waals surface area (Å²) < 4.78 is 3.20. The van der Waals surface area contributed by atoms with Crippen LogP contribution in [0.5, 0.6) is 0 Å². The van der Waals surface area contributed by atoms with Crippen molar-refractivity contribution in [2.75, 3.05) is 0 Å². The van der Waals surface area contributed by atoms with Crippen LogP contribution in [0, 0.1) is 0 Å². The van der Waals surface area contributed by atoms with Crippen LogP contribution in [0.2, 0.25) is 0 Å². The molecule has 0 unspecified atom stereocenters. The van der Waals surface area contributed by atoms with E-state index in [0.29, 0.717) is 11.6 Å². The van der Waals surface area contributed by atoms with Crippen LogP contribution in [-0.2, 0) is 0 Å². The molecule has 1 fully saturated rings. The number of hydrogen-bond donors (Lipinski definition) is 2. The van der Waals surface area contributed by atoms with Crippen molar-refractivity contribution in [1.82, 2.24) is 3.53 Å². The van der Waals surface area contributed by atoms with Crippen LogP contribution in [0.1, 0.15) is 19.8 Å². The van der Waals surface area contributed by atoms with E-state index in [0.717, 1.165) is 12.8 Å². The summed E-state index contributed by atoms with van der Waals surface area (Å²) in [6.45, 7) is 2.20. The minimum absolute atomic E-state index is 0.347. The van der Waals surface area contributed by atoms with Gasteiger partial charge in [-0.2, -0.15) is 0 Å². The predicted octanol–water partition coefficient (Wildman–Crippen LogP) is 0.806. The van der Waals surface area contributed by atoms with Crippen molar-refractivity contribution in [1.29, 1.82) is 0 Å². The van der Waals surface area contributed by atoms with Crippen LogP contribution in [0.4, 0.5) is 0 Å². The second-order valence-electron chi connectivity index (χ2n) is 2.82. The van der Waals surface area contributed by atoms with Gasteiger partial charge in [-0.1, -0.05) is 0 Å². The molecule has 1 saturated carbocycles. The van der Waals surface area contributed by atoms with Crippen LogP contribution in [0.25, 0.3) is 0 Å². The molecule has 48 valence electrons. The molecule has 0 spiro atoms. The molecule has 0 bridgehead atoms. The monoisotopic (exact) mass is 226 g/mol. The summed E-state index contributed by atoms with van der Waals surface area (Å²) in [6, 6.07) is 0.447. The zero-order valence-electron chi connectivity index (χ0n) is 4.95. The van der Waals surface area contributed by atoms with Crippen LogP contribution < -0.4 is 9.26 Å². The Morgan fingerprint density at radius 1 is 1.75 bits per heavy atom. The van der Waals surface area contributed by atoms with Gasteiger partial charge in [0.2, 0.25) is 0 Å². The molecule has 0 heterocycles. The molecular formula is C5H11IN2. The second-order valence-corrected chi connectivity index (χ2v) is 3.36. The first-order valence-corrected chi connectivity index (χ1v) is 3.87. The van der Waals surface area contributed by atoms with E-state index < -0.39 is 0 Å². The highest BCUT2D eigenvalue weighted by atomic mass is 127. The minimum atomic E-state index is 0.347. The number of rotatable bonds is 1. The highest BCUT2D eigenvalue weighted by Crippen LogP contribution is 2.30. The van der Waals surface area contributed by atoms with Crippen molar-refractivity contribution in [2.24, 2.45) is 5.73 Å². The number of hydrogen-bond acceptors (Lipinski definition) is 2. The van der Waals surface area contributed by atoms with Crippen molar-refractivity contribution in [2.45, 2.75) is 31.3 Å². The van der Waals surface area contributed by atoms with Crippen molar-refractivity contribution in [3.63, 3.8) is 0 Å². The molecule has 0 aromatic rings. The first kappa shape index (κ1) is 6.77. The molecule has 0 aliphatic heterocycles. The highest BCUT2D eigenvalue weighted by Gasteiger charge is 2.36. The Bertz CT molecular complexity index is 88.4. The maximum absolute atomic E-state index is 5.59. The standard InChI is InChI=1S/C5H11IN2/c1-5(8-6)2-4(7)3-5/h4,8H,2-3,7H2,1H3. The van der Waals surface area contributed by atoms with Gasteiger partial charge in [0.15, 0.2) is 0 Å². The summed E-state index contributed by atoms with van der Waals surface area (Å²) in [5, 5.41) is 0. The SMILES string of the molecule is CC1(NI)CC(N)C1. The van der Waals surface area contributed by atoms with Gasteiger partial charge in [0.25, 0.3) is 0 Å². The van der Waals surface area contributed by atoms with Crippen molar-refractivity contribution >= 4 is 22.9 Å². The fraction of sp³-hybridized carbons (Fsp3) is 1.00. The molecule has 8 heavy (non-hydrogen) atoms. The molecule has 0 saturated heterocycles. The van der Waals surface area contributed by atoms with Gasteiger partial charge in [0.05, 0.1) is 0 Å². The lowest BCUT2D eigenvalue weighted by Crippen LogP contribution is -2.55. The number of nitrogens with two attached hydrogens (primary N) is 1. The van der Waals surface area contributed by atoms with Crippen LogP contribution in [0.15, 0.2) is 0 Å². The van der Waals surface area contributed by atoms with Gasteiger partial charge in [-0.15, -0.1) is 0 Å². The molecule has 0 atom stereocenters. The molecule has 0 amide bonds. The summed E-state index contributed by atoms with van der Waals surface area (Å²) in [5.41, 5.74) is 5.93. The molecule has 1 aliphatic rings. The van der Waals surface area contributed by atoms with E-state index in [2.05, 4.69) is 33.3 Å². The molecule has 1 aliphatic carbocycles. The lowest BCUT2D eigenvalue weighted by atomic mass is 9.76. The first-order chi connectivity index (χ1) is 3.66. The van der Waals surface area contributed by atoms with Crippen LogP contribution in [0.3, 0.4) is 0 Å². The van der Waals surface area contributed by atoms with Gasteiger partial charge in [0.1, 0.15) is 0 Å². The van der Waals surface area contributed by atoms with Gasteiger partial charge in [-0.3, -0.25) is 3.53 Å². The fourth-order valence-electron chi connectivity index (χ4n) is 1.17. The Balaban J connectivity index is 2.30. The van der Waals surface area contributed by atoms with Gasteiger partial charge >= 0.3 is 0 Å². The maximum atomic E-state index is 5.59. The predicted molar refractivity (Wildman–Crippen MR) is 42.8 cm³/mol. The Morgan fingerprint density at radius 3 is 2.38 bits per heavy atom. The van der Waals surface area contributed by atoms with Crippen molar-refractivity contribution in [3.8, 4) is 0 Å². The van der Waals surface area contributed by atoms with E-state index in [9.17, 15) is 0 Å². The second kappa shape index (κ2) is 2.11. The largest absolute Gasteiger partial charge is 0.328 e. The summed E-state index contributed by atoms with van der Waals surface area (Å²) in [7, 11) is 0. The minimum Gasteiger partial charge on any atom is -0.328 e.